The fraction of sp³-hybridized carbons (Fsp3) is 0.957. The van der Waals surface area contributed by atoms with Crippen molar-refractivity contribution in [3.05, 3.63) is 0 Å². The third-order valence-corrected chi connectivity index (χ3v) is 4.68. The third kappa shape index (κ3) is 27.2. The van der Waals surface area contributed by atoms with E-state index in [0.29, 0.717) is 25.9 Å². The second-order valence-corrected chi connectivity index (χ2v) is 9.23. The van der Waals surface area contributed by atoms with Crippen LogP contribution >= 0.6 is 0 Å². The molecular weight excluding hydrogens is 398 g/mol. The molecular formula is C23H53N3O5. The summed E-state index contributed by atoms with van der Waals surface area (Å²) in [7, 11) is 5.60. The Hall–Kier alpha value is -0.770. The summed E-state index contributed by atoms with van der Waals surface area (Å²) in [6, 6.07) is 0.458. The Morgan fingerprint density at radius 2 is 1.68 bits per heavy atom. The van der Waals surface area contributed by atoms with Crippen molar-refractivity contribution in [2.45, 2.75) is 91.7 Å². The van der Waals surface area contributed by atoms with E-state index in [9.17, 15) is 4.79 Å². The normalized spacial score (nSPS) is 12.4. The number of hydroxylamine groups is 1. The molecule has 8 nitrogen and oxygen atoms in total. The van der Waals surface area contributed by atoms with Gasteiger partial charge in [0.25, 0.3) is 6.47 Å². The van der Waals surface area contributed by atoms with E-state index in [-0.39, 0.29) is 11.0 Å². The van der Waals surface area contributed by atoms with Gasteiger partial charge in [0.1, 0.15) is 12.4 Å². The van der Waals surface area contributed by atoms with Gasteiger partial charge in [0, 0.05) is 26.2 Å². The van der Waals surface area contributed by atoms with E-state index in [1.54, 1.807) is 5.48 Å². The molecule has 0 aliphatic heterocycles. The van der Waals surface area contributed by atoms with Crippen LogP contribution in [-0.4, -0.2) is 75.9 Å². The highest BCUT2D eigenvalue weighted by molar-refractivity contribution is 5.38. The number of ether oxygens (including phenoxy) is 3. The zero-order chi connectivity index (χ0) is 24.8. The van der Waals surface area contributed by atoms with Crippen molar-refractivity contribution in [1.82, 2.24) is 10.4 Å². The Labute approximate surface area is 192 Å². The highest BCUT2D eigenvalue weighted by atomic mass is 16.7. The van der Waals surface area contributed by atoms with Crippen LogP contribution in [0.1, 0.15) is 80.1 Å². The lowest BCUT2D eigenvalue weighted by Crippen LogP contribution is -2.36. The van der Waals surface area contributed by atoms with E-state index in [2.05, 4.69) is 46.7 Å². The standard InChI is InChI=1S/C15H34N2O2.C7H14O2.CH5NO/c1-6-7-10-18-13-19-12-15(2,3)9-8-14(11-16)17(4)5;1-4-5-7(2,3)9-6-8;1-2-3/h14H,6-13,16H2,1-5H3;6H,4-5H2,1-3H3;2-3H,1H3. The molecule has 190 valence electrons. The van der Waals surface area contributed by atoms with Gasteiger partial charge in [-0.2, -0.15) is 0 Å². The SMILES string of the molecule is CCCC(C)(C)OC=O.CCCCOCOCC(C)(C)CCC(CN)N(C)C.CNO. The van der Waals surface area contributed by atoms with Crippen LogP contribution in [0, 0.1) is 5.41 Å². The summed E-state index contributed by atoms with van der Waals surface area (Å²) in [5, 5.41) is 7.32. The molecule has 0 amide bonds. The van der Waals surface area contributed by atoms with E-state index in [0.717, 1.165) is 51.7 Å². The Morgan fingerprint density at radius 1 is 1.10 bits per heavy atom. The van der Waals surface area contributed by atoms with Crippen molar-refractivity contribution >= 4 is 6.47 Å². The summed E-state index contributed by atoms with van der Waals surface area (Å²) < 4.78 is 15.8. The minimum absolute atomic E-state index is 0.178. The first kappa shape index (κ1) is 34.8. The second-order valence-electron chi connectivity index (χ2n) is 9.23. The first-order valence-corrected chi connectivity index (χ1v) is 11.4. The fourth-order valence-corrected chi connectivity index (χ4v) is 2.69. The lowest BCUT2D eigenvalue weighted by atomic mass is 9.87. The summed E-state index contributed by atoms with van der Waals surface area (Å²) in [6.45, 7) is 15.7. The van der Waals surface area contributed by atoms with Crippen molar-refractivity contribution < 1.29 is 24.2 Å². The summed E-state index contributed by atoms with van der Waals surface area (Å²) in [6.07, 6.45) is 6.45. The van der Waals surface area contributed by atoms with E-state index >= 15 is 0 Å². The second kappa shape index (κ2) is 22.4. The topological polar surface area (TPSA) is 106 Å². The molecule has 8 heteroatoms. The molecule has 0 aromatic rings. The Kier molecular flexibility index (Phi) is 25.2. The van der Waals surface area contributed by atoms with Crippen molar-refractivity contribution in [3.63, 3.8) is 0 Å². The van der Waals surface area contributed by atoms with Gasteiger partial charge in [-0.1, -0.05) is 40.5 Å². The molecule has 0 aromatic heterocycles. The summed E-state index contributed by atoms with van der Waals surface area (Å²) in [5.74, 6) is 0. The van der Waals surface area contributed by atoms with Gasteiger partial charge in [0.05, 0.1) is 6.61 Å². The number of rotatable bonds is 16. The number of nitrogens with one attached hydrogen (secondary N) is 1. The molecule has 1 unspecified atom stereocenters. The predicted molar refractivity (Wildman–Crippen MR) is 128 cm³/mol. The van der Waals surface area contributed by atoms with Crippen molar-refractivity contribution in [3.8, 4) is 0 Å². The minimum atomic E-state index is -0.267. The first-order chi connectivity index (χ1) is 14.5. The molecule has 0 aliphatic rings. The molecule has 0 radical (unpaired) electrons. The van der Waals surface area contributed by atoms with Crippen LogP contribution in [0.3, 0.4) is 0 Å². The maximum Gasteiger partial charge on any atom is 0.293 e. The van der Waals surface area contributed by atoms with Gasteiger partial charge in [-0.3, -0.25) is 4.79 Å². The molecule has 0 aromatic carbocycles. The van der Waals surface area contributed by atoms with Crippen molar-refractivity contribution in [2.75, 3.05) is 47.7 Å². The van der Waals surface area contributed by atoms with Crippen molar-refractivity contribution in [1.29, 1.82) is 0 Å². The van der Waals surface area contributed by atoms with Crippen molar-refractivity contribution in [2.24, 2.45) is 11.1 Å². The molecule has 0 rings (SSSR count). The van der Waals surface area contributed by atoms with Crippen LogP contribution in [0.15, 0.2) is 0 Å². The monoisotopic (exact) mass is 451 g/mol. The molecule has 31 heavy (non-hydrogen) atoms. The zero-order valence-electron chi connectivity index (χ0n) is 21.8. The molecule has 4 N–H and O–H groups in total. The van der Waals surface area contributed by atoms with Crippen LogP contribution in [0.2, 0.25) is 0 Å². The van der Waals surface area contributed by atoms with E-state index < -0.39 is 0 Å². The van der Waals surface area contributed by atoms with Crippen LogP contribution in [0.25, 0.3) is 0 Å². The lowest BCUT2D eigenvalue weighted by Gasteiger charge is -2.29. The number of nitrogens with two attached hydrogens (primary N) is 1. The minimum Gasteiger partial charge on any atom is -0.462 e. The number of likely N-dealkylation sites (N-methyl/N-ethyl adjacent to an activating group) is 1. The molecule has 0 saturated carbocycles. The first-order valence-electron chi connectivity index (χ1n) is 11.4. The van der Waals surface area contributed by atoms with Crippen LogP contribution in [-0.2, 0) is 19.0 Å². The molecule has 0 bridgehead atoms. The van der Waals surface area contributed by atoms with Gasteiger partial charge in [0.15, 0.2) is 0 Å². The Balaban J connectivity index is -0.000000542. The molecule has 1 atom stereocenters. The zero-order valence-corrected chi connectivity index (χ0v) is 21.8. The van der Waals surface area contributed by atoms with Gasteiger partial charge in [0.2, 0.25) is 0 Å². The smallest absolute Gasteiger partial charge is 0.293 e. The Bertz CT molecular complexity index is 380. The van der Waals surface area contributed by atoms with Gasteiger partial charge in [-0.05, 0) is 59.0 Å². The average molecular weight is 452 g/mol. The lowest BCUT2D eigenvalue weighted by molar-refractivity contribution is -0.140. The van der Waals surface area contributed by atoms with Gasteiger partial charge < -0.3 is 30.1 Å². The van der Waals surface area contributed by atoms with E-state index in [4.69, 9.17) is 25.2 Å². The molecule has 0 spiro atoms. The summed E-state index contributed by atoms with van der Waals surface area (Å²) in [4.78, 5) is 12.1. The number of carbonyl (C=O) groups excluding carboxylic acids is 1. The number of unbranched alkanes of at least 4 members (excludes halogenated alkanes) is 1. The van der Waals surface area contributed by atoms with E-state index in [1.165, 1.54) is 7.05 Å². The maximum absolute atomic E-state index is 9.87. The summed E-state index contributed by atoms with van der Waals surface area (Å²) >= 11 is 0. The average Bonchev–Trinajstić information content (AvgIpc) is 2.65. The highest BCUT2D eigenvalue weighted by Crippen LogP contribution is 2.24. The van der Waals surface area contributed by atoms with Gasteiger partial charge in [-0.25, -0.2) is 5.48 Å². The predicted octanol–water partition coefficient (Wildman–Crippen LogP) is 3.81. The largest absolute Gasteiger partial charge is 0.462 e. The molecule has 0 aliphatic carbocycles. The van der Waals surface area contributed by atoms with Crippen LogP contribution in [0.4, 0.5) is 0 Å². The van der Waals surface area contributed by atoms with E-state index in [1.807, 2.05) is 13.8 Å². The molecule has 0 fully saturated rings. The van der Waals surface area contributed by atoms with Crippen LogP contribution in [0.5, 0.6) is 0 Å². The molecule has 0 heterocycles. The number of hydrogen-bond donors (Lipinski definition) is 3. The fourth-order valence-electron chi connectivity index (χ4n) is 2.69. The highest BCUT2D eigenvalue weighted by Gasteiger charge is 2.21. The molecule has 0 saturated heterocycles. The van der Waals surface area contributed by atoms with Gasteiger partial charge in [-0.15, -0.1) is 0 Å². The summed E-state index contributed by atoms with van der Waals surface area (Å²) in [5.41, 5.74) is 7.44. The number of hydrogen-bond acceptors (Lipinski definition) is 8. The maximum atomic E-state index is 9.87. The van der Waals surface area contributed by atoms with Crippen LogP contribution < -0.4 is 11.2 Å². The van der Waals surface area contributed by atoms with Gasteiger partial charge >= 0.3 is 0 Å². The number of nitrogens with zero attached hydrogens (tertiary/aromatic N) is 1. The third-order valence-electron chi connectivity index (χ3n) is 4.68. The quantitative estimate of drug-likeness (QED) is 0.141. The Morgan fingerprint density at radius 3 is 2.10 bits per heavy atom. The number of carbonyl (C=O) groups is 1.